The van der Waals surface area contributed by atoms with E-state index in [0.717, 1.165) is 0 Å². The van der Waals surface area contributed by atoms with E-state index >= 15 is 0 Å². The van der Waals surface area contributed by atoms with Gasteiger partial charge in [0.1, 0.15) is 0 Å². The van der Waals surface area contributed by atoms with Crippen molar-refractivity contribution in [3.63, 3.8) is 0 Å². The molecule has 0 amide bonds. The van der Waals surface area contributed by atoms with Crippen LogP contribution in [-0.4, -0.2) is 31.3 Å². The molecular formula is C8H17NOS. The lowest BCUT2D eigenvalue weighted by atomic mass is 9.96. The summed E-state index contributed by atoms with van der Waals surface area (Å²) in [4.78, 5) is 0. The molecule has 0 aliphatic carbocycles. The van der Waals surface area contributed by atoms with Gasteiger partial charge in [-0.3, -0.25) is 0 Å². The minimum atomic E-state index is 0.302. The zero-order valence-electron chi connectivity index (χ0n) is 7.08. The van der Waals surface area contributed by atoms with Crippen molar-refractivity contribution in [1.29, 1.82) is 0 Å². The molecule has 0 spiro atoms. The van der Waals surface area contributed by atoms with E-state index in [4.69, 9.17) is 10.5 Å². The highest BCUT2D eigenvalue weighted by Gasteiger charge is 2.21. The third kappa shape index (κ3) is 2.65. The number of methoxy groups -OCH3 is 1. The third-order valence-corrected chi connectivity index (χ3v) is 3.38. The Bertz CT molecular complexity index is 100. The SMILES string of the molecule is COC(CN)C1CCSCC1. The summed E-state index contributed by atoms with van der Waals surface area (Å²) in [7, 11) is 1.76. The van der Waals surface area contributed by atoms with Crippen LogP contribution in [0.2, 0.25) is 0 Å². The second kappa shape index (κ2) is 5.01. The van der Waals surface area contributed by atoms with Crippen LogP contribution in [0.5, 0.6) is 0 Å². The van der Waals surface area contributed by atoms with Gasteiger partial charge in [-0.2, -0.15) is 11.8 Å². The molecule has 3 heteroatoms. The van der Waals surface area contributed by atoms with Gasteiger partial charge in [-0.05, 0) is 30.3 Å². The summed E-state index contributed by atoms with van der Waals surface area (Å²) in [6, 6.07) is 0. The fourth-order valence-electron chi connectivity index (χ4n) is 1.57. The Morgan fingerprint density at radius 3 is 2.64 bits per heavy atom. The van der Waals surface area contributed by atoms with Gasteiger partial charge in [0.2, 0.25) is 0 Å². The molecule has 0 aromatic carbocycles. The highest BCUT2D eigenvalue weighted by Crippen LogP contribution is 2.26. The first-order valence-electron chi connectivity index (χ1n) is 4.19. The quantitative estimate of drug-likeness (QED) is 0.697. The van der Waals surface area contributed by atoms with Gasteiger partial charge in [-0.15, -0.1) is 0 Å². The molecule has 1 saturated heterocycles. The van der Waals surface area contributed by atoms with Crippen molar-refractivity contribution in [2.75, 3.05) is 25.2 Å². The zero-order valence-corrected chi connectivity index (χ0v) is 7.90. The minimum absolute atomic E-state index is 0.302. The van der Waals surface area contributed by atoms with Crippen LogP contribution in [0.4, 0.5) is 0 Å². The summed E-state index contributed by atoms with van der Waals surface area (Å²) >= 11 is 2.04. The lowest BCUT2D eigenvalue weighted by Gasteiger charge is -2.27. The van der Waals surface area contributed by atoms with Gasteiger partial charge in [-0.25, -0.2) is 0 Å². The van der Waals surface area contributed by atoms with Gasteiger partial charge < -0.3 is 10.5 Å². The fourth-order valence-corrected chi connectivity index (χ4v) is 2.71. The molecule has 0 bridgehead atoms. The average molecular weight is 175 g/mol. The number of rotatable bonds is 3. The lowest BCUT2D eigenvalue weighted by Crippen LogP contribution is -2.33. The van der Waals surface area contributed by atoms with Crippen molar-refractivity contribution in [1.82, 2.24) is 0 Å². The molecule has 0 aromatic rings. The van der Waals surface area contributed by atoms with Crippen LogP contribution in [0.15, 0.2) is 0 Å². The molecule has 2 nitrogen and oxygen atoms in total. The van der Waals surface area contributed by atoms with E-state index < -0.39 is 0 Å². The smallest absolute Gasteiger partial charge is 0.0722 e. The van der Waals surface area contributed by atoms with E-state index in [0.29, 0.717) is 18.6 Å². The van der Waals surface area contributed by atoms with Crippen LogP contribution in [0.25, 0.3) is 0 Å². The van der Waals surface area contributed by atoms with Crippen LogP contribution in [0.1, 0.15) is 12.8 Å². The number of hydrogen-bond donors (Lipinski definition) is 1. The van der Waals surface area contributed by atoms with Gasteiger partial charge in [-0.1, -0.05) is 0 Å². The third-order valence-electron chi connectivity index (χ3n) is 2.33. The predicted octanol–water partition coefficient (Wildman–Crippen LogP) is 1.10. The van der Waals surface area contributed by atoms with E-state index in [2.05, 4.69) is 0 Å². The zero-order chi connectivity index (χ0) is 8.10. The Balaban J connectivity index is 2.30. The maximum absolute atomic E-state index is 5.58. The van der Waals surface area contributed by atoms with Crippen LogP contribution >= 0.6 is 11.8 Å². The molecule has 0 aromatic heterocycles. The standard InChI is InChI=1S/C8H17NOS/c1-10-8(6-9)7-2-4-11-5-3-7/h7-8H,2-6,9H2,1H3. The lowest BCUT2D eigenvalue weighted by molar-refractivity contribution is 0.0554. The van der Waals surface area contributed by atoms with E-state index in [1.54, 1.807) is 7.11 Å². The maximum Gasteiger partial charge on any atom is 0.0722 e. The number of hydrogen-bond acceptors (Lipinski definition) is 3. The summed E-state index contributed by atoms with van der Waals surface area (Å²) < 4.78 is 5.30. The summed E-state index contributed by atoms with van der Waals surface area (Å²) in [5, 5.41) is 0. The molecule has 66 valence electrons. The van der Waals surface area contributed by atoms with Gasteiger partial charge in [0.15, 0.2) is 0 Å². The molecular weight excluding hydrogens is 158 g/mol. The van der Waals surface area contributed by atoms with Crippen molar-refractivity contribution in [3.8, 4) is 0 Å². The monoisotopic (exact) mass is 175 g/mol. The van der Waals surface area contributed by atoms with Crippen molar-refractivity contribution in [2.24, 2.45) is 11.7 Å². The van der Waals surface area contributed by atoms with Crippen molar-refractivity contribution in [2.45, 2.75) is 18.9 Å². The molecule has 1 unspecified atom stereocenters. The molecule has 1 aliphatic heterocycles. The maximum atomic E-state index is 5.58. The summed E-state index contributed by atoms with van der Waals surface area (Å²) in [5.41, 5.74) is 5.58. The Morgan fingerprint density at radius 1 is 1.55 bits per heavy atom. The number of nitrogens with two attached hydrogens (primary N) is 1. The number of ether oxygens (including phenoxy) is 1. The van der Waals surface area contributed by atoms with Crippen LogP contribution in [0.3, 0.4) is 0 Å². The van der Waals surface area contributed by atoms with E-state index in [9.17, 15) is 0 Å². The molecule has 0 radical (unpaired) electrons. The van der Waals surface area contributed by atoms with Gasteiger partial charge in [0, 0.05) is 13.7 Å². The molecule has 1 fully saturated rings. The Morgan fingerprint density at radius 2 is 2.18 bits per heavy atom. The largest absolute Gasteiger partial charge is 0.380 e. The van der Waals surface area contributed by atoms with E-state index in [1.807, 2.05) is 11.8 Å². The minimum Gasteiger partial charge on any atom is -0.380 e. The molecule has 11 heavy (non-hydrogen) atoms. The van der Waals surface area contributed by atoms with Crippen molar-refractivity contribution in [3.05, 3.63) is 0 Å². The van der Waals surface area contributed by atoms with Crippen LogP contribution in [0, 0.1) is 5.92 Å². The molecule has 0 saturated carbocycles. The molecule has 1 rings (SSSR count). The van der Waals surface area contributed by atoms with Gasteiger partial charge in [0.05, 0.1) is 6.10 Å². The van der Waals surface area contributed by atoms with E-state index in [1.165, 1.54) is 24.3 Å². The Kier molecular flexibility index (Phi) is 4.26. The normalized spacial score (nSPS) is 23.5. The van der Waals surface area contributed by atoms with Crippen LogP contribution in [-0.2, 0) is 4.74 Å². The second-order valence-electron chi connectivity index (χ2n) is 2.96. The average Bonchev–Trinajstić information content (AvgIpc) is 2.09. The topological polar surface area (TPSA) is 35.2 Å². The summed E-state index contributed by atoms with van der Waals surface area (Å²) in [6.45, 7) is 0.672. The molecule has 2 N–H and O–H groups in total. The first kappa shape index (κ1) is 9.36. The van der Waals surface area contributed by atoms with Crippen molar-refractivity contribution >= 4 is 11.8 Å². The fraction of sp³-hybridized carbons (Fsp3) is 1.00. The second-order valence-corrected chi connectivity index (χ2v) is 4.18. The number of thioether (sulfide) groups is 1. The molecule has 1 atom stereocenters. The first-order valence-corrected chi connectivity index (χ1v) is 5.34. The summed E-state index contributed by atoms with van der Waals surface area (Å²) in [6.07, 6.45) is 2.86. The molecule has 1 aliphatic rings. The van der Waals surface area contributed by atoms with Gasteiger partial charge in [0.25, 0.3) is 0 Å². The summed E-state index contributed by atoms with van der Waals surface area (Å²) in [5.74, 6) is 3.28. The van der Waals surface area contributed by atoms with Crippen molar-refractivity contribution < 1.29 is 4.74 Å². The highest BCUT2D eigenvalue weighted by atomic mass is 32.2. The Hall–Kier alpha value is 0.270. The Labute approximate surface area is 72.9 Å². The van der Waals surface area contributed by atoms with Gasteiger partial charge >= 0.3 is 0 Å². The van der Waals surface area contributed by atoms with E-state index in [-0.39, 0.29) is 0 Å². The van der Waals surface area contributed by atoms with Crippen LogP contribution < -0.4 is 5.73 Å². The highest BCUT2D eigenvalue weighted by molar-refractivity contribution is 7.99. The molecule has 1 heterocycles. The first-order chi connectivity index (χ1) is 5.38. The predicted molar refractivity (Wildman–Crippen MR) is 49.9 cm³/mol.